The fourth-order valence-corrected chi connectivity index (χ4v) is 5.85. The van der Waals surface area contributed by atoms with E-state index in [2.05, 4.69) is 77.8 Å². The maximum atomic E-state index is 5.05. The minimum atomic E-state index is 0.625. The Morgan fingerprint density at radius 2 is 0.818 bits per heavy atom. The topological polar surface area (TPSA) is 51.6 Å². The van der Waals surface area contributed by atoms with Crippen LogP contribution in [0.4, 0.5) is 0 Å². The van der Waals surface area contributed by atoms with E-state index in [-0.39, 0.29) is 0 Å². The Balaban J connectivity index is 1.41. The van der Waals surface area contributed by atoms with Crippen molar-refractivity contribution in [2.24, 2.45) is 0 Å². The molecule has 4 nitrogen and oxygen atoms in total. The average Bonchev–Trinajstić information content (AvgIpc) is 3.12. The summed E-state index contributed by atoms with van der Waals surface area (Å²) in [6.07, 6.45) is 3.66. The summed E-state index contributed by atoms with van der Waals surface area (Å²) in [5.41, 5.74) is 7.22. The molecule has 0 saturated heterocycles. The zero-order valence-corrected chi connectivity index (χ0v) is 23.8. The number of benzene rings is 6. The van der Waals surface area contributed by atoms with Crippen LogP contribution in [-0.2, 0) is 0 Å². The molecule has 0 fully saturated rings. The van der Waals surface area contributed by atoms with Crippen LogP contribution in [0.2, 0.25) is 0 Å². The fourth-order valence-electron chi connectivity index (χ4n) is 5.85. The van der Waals surface area contributed by atoms with Crippen LogP contribution in [0, 0.1) is 0 Å². The molecule has 8 aromatic rings. The molecule has 2 heterocycles. The molecule has 0 bridgehead atoms. The number of fused-ring (bicyclic) bond motifs is 3. The van der Waals surface area contributed by atoms with Gasteiger partial charge in [-0.15, -0.1) is 0 Å². The Labute approximate surface area is 255 Å². The van der Waals surface area contributed by atoms with Crippen LogP contribution < -0.4 is 0 Å². The zero-order valence-electron chi connectivity index (χ0n) is 23.8. The van der Waals surface area contributed by atoms with Crippen LogP contribution in [-0.4, -0.2) is 19.9 Å². The molecule has 0 unspecified atom stereocenters. The van der Waals surface area contributed by atoms with Crippen molar-refractivity contribution >= 4 is 21.5 Å². The normalized spacial score (nSPS) is 11.2. The largest absolute Gasteiger partial charge is 0.265 e. The Kier molecular flexibility index (Phi) is 6.43. The summed E-state index contributed by atoms with van der Waals surface area (Å²) in [6.45, 7) is 0. The molecule has 206 valence electrons. The van der Waals surface area contributed by atoms with E-state index in [0.717, 1.165) is 38.9 Å². The van der Waals surface area contributed by atoms with Gasteiger partial charge in [0.15, 0.2) is 17.5 Å². The van der Waals surface area contributed by atoms with Gasteiger partial charge in [-0.2, -0.15) is 0 Å². The molecule has 0 atom stereocenters. The predicted octanol–water partition coefficient (Wildman–Crippen LogP) is 9.91. The molecule has 0 aliphatic rings. The molecule has 0 amide bonds. The van der Waals surface area contributed by atoms with Gasteiger partial charge in [0.25, 0.3) is 0 Å². The Bertz CT molecular complexity index is 2210. The smallest absolute Gasteiger partial charge is 0.164 e. The molecule has 4 heteroatoms. The van der Waals surface area contributed by atoms with E-state index in [1.165, 1.54) is 21.5 Å². The van der Waals surface area contributed by atoms with Crippen molar-refractivity contribution < 1.29 is 0 Å². The van der Waals surface area contributed by atoms with Gasteiger partial charge >= 0.3 is 0 Å². The maximum absolute atomic E-state index is 5.05. The van der Waals surface area contributed by atoms with Crippen molar-refractivity contribution in [3.8, 4) is 56.4 Å². The molecule has 8 rings (SSSR count). The summed E-state index contributed by atoms with van der Waals surface area (Å²) in [4.78, 5) is 19.3. The quantitative estimate of drug-likeness (QED) is 0.196. The third-order valence-electron chi connectivity index (χ3n) is 7.98. The summed E-state index contributed by atoms with van der Waals surface area (Å²) in [5, 5.41) is 4.88. The maximum Gasteiger partial charge on any atom is 0.164 e. The first-order valence-corrected chi connectivity index (χ1v) is 14.6. The standard InChI is InChI=1S/C40H26N4/c1-3-11-28(12-4-1)38-42-39(29-13-5-2-6-14-29)44-40(43-38)33-24-31(27-19-21-41-22-20-27)23-32(25-33)37-26-30-15-7-8-16-34(30)35-17-9-10-18-36(35)37/h1-26H. The minimum Gasteiger partial charge on any atom is -0.265 e. The second kappa shape index (κ2) is 11.0. The van der Waals surface area contributed by atoms with Gasteiger partial charge in [-0.05, 0) is 80.2 Å². The average molecular weight is 563 g/mol. The van der Waals surface area contributed by atoms with Gasteiger partial charge in [0.1, 0.15) is 0 Å². The highest BCUT2D eigenvalue weighted by atomic mass is 15.0. The van der Waals surface area contributed by atoms with Crippen molar-refractivity contribution in [3.63, 3.8) is 0 Å². The molecule has 6 aromatic carbocycles. The van der Waals surface area contributed by atoms with Gasteiger partial charge in [0.05, 0.1) is 0 Å². The third kappa shape index (κ3) is 4.79. The molecule has 0 N–H and O–H groups in total. The van der Waals surface area contributed by atoms with E-state index in [1.807, 2.05) is 85.2 Å². The zero-order chi connectivity index (χ0) is 29.3. The van der Waals surface area contributed by atoms with Crippen LogP contribution in [0.3, 0.4) is 0 Å². The van der Waals surface area contributed by atoms with Crippen molar-refractivity contribution in [1.29, 1.82) is 0 Å². The van der Waals surface area contributed by atoms with Crippen LogP contribution in [0.1, 0.15) is 0 Å². The lowest BCUT2D eigenvalue weighted by molar-refractivity contribution is 1.07. The number of aromatic nitrogens is 4. The van der Waals surface area contributed by atoms with Gasteiger partial charge in [-0.25, -0.2) is 15.0 Å². The molecule has 0 radical (unpaired) electrons. The Hall–Kier alpha value is -6.00. The van der Waals surface area contributed by atoms with Gasteiger partial charge in [0, 0.05) is 29.1 Å². The number of nitrogens with zero attached hydrogens (tertiary/aromatic N) is 4. The Morgan fingerprint density at radius 1 is 0.318 bits per heavy atom. The third-order valence-corrected chi connectivity index (χ3v) is 7.98. The van der Waals surface area contributed by atoms with Gasteiger partial charge in [0.2, 0.25) is 0 Å². The van der Waals surface area contributed by atoms with E-state index in [4.69, 9.17) is 15.0 Å². The first-order valence-electron chi connectivity index (χ1n) is 14.6. The predicted molar refractivity (Wildman–Crippen MR) is 180 cm³/mol. The van der Waals surface area contributed by atoms with Gasteiger partial charge < -0.3 is 0 Å². The van der Waals surface area contributed by atoms with Gasteiger partial charge in [-0.1, -0.05) is 109 Å². The van der Waals surface area contributed by atoms with E-state index < -0.39 is 0 Å². The first kappa shape index (κ1) is 25.7. The Morgan fingerprint density at radius 3 is 1.48 bits per heavy atom. The van der Waals surface area contributed by atoms with Crippen molar-refractivity contribution in [1.82, 2.24) is 19.9 Å². The molecule has 0 aliphatic heterocycles. The molecule has 0 saturated carbocycles. The summed E-state index contributed by atoms with van der Waals surface area (Å²) in [5.74, 6) is 1.91. The highest BCUT2D eigenvalue weighted by Crippen LogP contribution is 2.38. The lowest BCUT2D eigenvalue weighted by Gasteiger charge is -2.15. The van der Waals surface area contributed by atoms with Crippen molar-refractivity contribution in [3.05, 3.63) is 158 Å². The van der Waals surface area contributed by atoms with E-state index >= 15 is 0 Å². The van der Waals surface area contributed by atoms with Crippen molar-refractivity contribution in [2.45, 2.75) is 0 Å². The summed E-state index contributed by atoms with van der Waals surface area (Å²) in [7, 11) is 0. The van der Waals surface area contributed by atoms with Crippen LogP contribution in [0.15, 0.2) is 158 Å². The van der Waals surface area contributed by atoms with Gasteiger partial charge in [-0.3, -0.25) is 4.98 Å². The molecular weight excluding hydrogens is 536 g/mol. The number of hydrogen-bond donors (Lipinski definition) is 0. The monoisotopic (exact) mass is 562 g/mol. The first-order chi connectivity index (χ1) is 21.8. The second-order valence-corrected chi connectivity index (χ2v) is 10.8. The summed E-state index contributed by atoms with van der Waals surface area (Å²) < 4.78 is 0. The van der Waals surface area contributed by atoms with E-state index in [0.29, 0.717) is 17.5 Å². The minimum absolute atomic E-state index is 0.625. The molecule has 44 heavy (non-hydrogen) atoms. The molecule has 0 aliphatic carbocycles. The van der Waals surface area contributed by atoms with Crippen LogP contribution in [0.25, 0.3) is 78.0 Å². The van der Waals surface area contributed by atoms with Crippen LogP contribution in [0.5, 0.6) is 0 Å². The second-order valence-electron chi connectivity index (χ2n) is 10.8. The SMILES string of the molecule is c1ccc(-c2nc(-c3ccccc3)nc(-c3cc(-c4ccncc4)cc(-c4cc5ccccc5c5ccccc45)c3)n2)cc1. The number of rotatable bonds is 5. The number of pyridine rings is 1. The van der Waals surface area contributed by atoms with Crippen LogP contribution >= 0.6 is 0 Å². The molecule has 2 aromatic heterocycles. The van der Waals surface area contributed by atoms with E-state index in [9.17, 15) is 0 Å². The van der Waals surface area contributed by atoms with Crippen molar-refractivity contribution in [2.75, 3.05) is 0 Å². The fraction of sp³-hybridized carbons (Fsp3) is 0. The lowest BCUT2D eigenvalue weighted by atomic mass is 9.90. The molecular formula is C40H26N4. The number of hydrogen-bond acceptors (Lipinski definition) is 4. The highest BCUT2D eigenvalue weighted by molar-refractivity contribution is 6.14. The lowest BCUT2D eigenvalue weighted by Crippen LogP contribution is -2.00. The summed E-state index contributed by atoms with van der Waals surface area (Å²) in [6, 6.07) is 50.4. The van der Waals surface area contributed by atoms with E-state index in [1.54, 1.807) is 0 Å². The summed E-state index contributed by atoms with van der Waals surface area (Å²) >= 11 is 0. The molecule has 0 spiro atoms. The highest BCUT2D eigenvalue weighted by Gasteiger charge is 2.16.